The van der Waals surface area contributed by atoms with E-state index in [-0.39, 0.29) is 24.2 Å². The summed E-state index contributed by atoms with van der Waals surface area (Å²) in [5.74, 6) is 0.132. The molecule has 0 aromatic heterocycles. The van der Waals surface area contributed by atoms with E-state index in [1.165, 1.54) is 6.07 Å². The fraction of sp³-hybridized carbons (Fsp3) is 0.562. The van der Waals surface area contributed by atoms with Crippen LogP contribution in [0.1, 0.15) is 25.3 Å². The minimum Gasteiger partial charge on any atom is -0.434 e. The van der Waals surface area contributed by atoms with Crippen LogP contribution >= 0.6 is 0 Å². The number of hydrogen-bond acceptors (Lipinski definition) is 3. The molecular formula is C16H22F2N2O3. The third-order valence-corrected chi connectivity index (χ3v) is 4.05. The summed E-state index contributed by atoms with van der Waals surface area (Å²) in [6.45, 7) is 0.0607. The van der Waals surface area contributed by atoms with Crippen molar-refractivity contribution >= 4 is 6.03 Å². The van der Waals surface area contributed by atoms with Crippen molar-refractivity contribution in [1.29, 1.82) is 0 Å². The number of likely N-dealkylation sites (tertiary alicyclic amines) is 1. The van der Waals surface area contributed by atoms with Crippen molar-refractivity contribution in [3.05, 3.63) is 29.8 Å². The van der Waals surface area contributed by atoms with Crippen LogP contribution in [-0.2, 0) is 6.54 Å². The minimum absolute atomic E-state index is 0.0586. The number of hydrogen-bond donors (Lipinski definition) is 2. The van der Waals surface area contributed by atoms with Gasteiger partial charge in [-0.2, -0.15) is 8.78 Å². The molecule has 1 heterocycles. The average Bonchev–Trinajstić information content (AvgIpc) is 2.53. The van der Waals surface area contributed by atoms with Gasteiger partial charge in [0.2, 0.25) is 0 Å². The second kappa shape index (κ2) is 8.10. The Balaban J connectivity index is 1.91. The van der Waals surface area contributed by atoms with Gasteiger partial charge in [0.15, 0.2) is 0 Å². The number of aliphatic hydroxyl groups excluding tert-OH is 1. The highest BCUT2D eigenvalue weighted by Gasteiger charge is 2.26. The van der Waals surface area contributed by atoms with Gasteiger partial charge in [-0.05, 0) is 25.8 Å². The largest absolute Gasteiger partial charge is 0.434 e. The molecule has 1 saturated heterocycles. The third-order valence-electron chi connectivity index (χ3n) is 4.05. The molecule has 128 valence electrons. The predicted octanol–water partition coefficient (Wildman–Crippen LogP) is 2.59. The van der Waals surface area contributed by atoms with Crippen molar-refractivity contribution in [2.75, 3.05) is 13.1 Å². The van der Waals surface area contributed by atoms with E-state index in [1.54, 1.807) is 30.0 Å². The van der Waals surface area contributed by atoms with Crippen molar-refractivity contribution in [2.45, 2.75) is 39.0 Å². The van der Waals surface area contributed by atoms with Crippen molar-refractivity contribution in [3.8, 4) is 5.75 Å². The van der Waals surface area contributed by atoms with E-state index >= 15 is 0 Å². The standard InChI is InChI=1S/C16H22F2N2O3/c1-11(21)13-6-4-8-20(10-13)16(22)19-9-12-5-2-3-7-14(12)23-15(17)18/h2-3,5,7,11,13,15,21H,4,6,8-10H2,1H3,(H,19,22). The summed E-state index contributed by atoms with van der Waals surface area (Å²) in [5, 5.41) is 12.4. The molecule has 7 heteroatoms. The van der Waals surface area contributed by atoms with Crippen molar-refractivity contribution in [1.82, 2.24) is 10.2 Å². The fourth-order valence-corrected chi connectivity index (χ4v) is 2.73. The molecule has 1 aliphatic heterocycles. The van der Waals surface area contributed by atoms with E-state index in [0.717, 1.165) is 12.8 Å². The maximum atomic E-state index is 12.4. The van der Waals surface area contributed by atoms with Gasteiger partial charge in [-0.3, -0.25) is 0 Å². The molecule has 2 amide bonds. The molecule has 2 rings (SSSR count). The number of alkyl halides is 2. The molecule has 0 radical (unpaired) electrons. The number of nitrogens with one attached hydrogen (secondary N) is 1. The zero-order valence-electron chi connectivity index (χ0n) is 13.0. The van der Waals surface area contributed by atoms with Gasteiger partial charge in [0.1, 0.15) is 5.75 Å². The molecule has 2 atom stereocenters. The molecule has 23 heavy (non-hydrogen) atoms. The zero-order valence-corrected chi connectivity index (χ0v) is 13.0. The lowest BCUT2D eigenvalue weighted by Gasteiger charge is -2.34. The Kier molecular flexibility index (Phi) is 6.15. The molecule has 0 bridgehead atoms. The van der Waals surface area contributed by atoms with E-state index in [1.807, 2.05) is 0 Å². The molecule has 1 fully saturated rings. The SMILES string of the molecule is CC(O)C1CCCN(C(=O)NCc2ccccc2OC(F)F)C1. The quantitative estimate of drug-likeness (QED) is 0.873. The molecule has 5 nitrogen and oxygen atoms in total. The first-order valence-corrected chi connectivity index (χ1v) is 7.71. The van der Waals surface area contributed by atoms with Crippen molar-refractivity contribution in [2.24, 2.45) is 5.92 Å². The number of urea groups is 1. The van der Waals surface area contributed by atoms with E-state index in [0.29, 0.717) is 18.7 Å². The van der Waals surface area contributed by atoms with Gasteiger partial charge in [0.25, 0.3) is 0 Å². The Labute approximate surface area is 134 Å². The Morgan fingerprint density at radius 1 is 1.48 bits per heavy atom. The summed E-state index contributed by atoms with van der Waals surface area (Å²) in [4.78, 5) is 13.9. The van der Waals surface area contributed by atoms with Gasteiger partial charge in [0.05, 0.1) is 6.10 Å². The smallest absolute Gasteiger partial charge is 0.387 e. The van der Waals surface area contributed by atoms with Crippen LogP contribution in [0.3, 0.4) is 0 Å². The lowest BCUT2D eigenvalue weighted by molar-refractivity contribution is -0.0504. The van der Waals surface area contributed by atoms with Gasteiger partial charge in [-0.1, -0.05) is 18.2 Å². The van der Waals surface area contributed by atoms with Crippen LogP contribution in [-0.4, -0.2) is 41.8 Å². The van der Waals surface area contributed by atoms with Crippen LogP contribution in [0.4, 0.5) is 13.6 Å². The predicted molar refractivity (Wildman–Crippen MR) is 81.3 cm³/mol. The number of halogens is 2. The zero-order chi connectivity index (χ0) is 16.8. The minimum atomic E-state index is -2.90. The van der Waals surface area contributed by atoms with Crippen LogP contribution in [0, 0.1) is 5.92 Å². The topological polar surface area (TPSA) is 61.8 Å². The maximum Gasteiger partial charge on any atom is 0.387 e. The summed E-state index contributed by atoms with van der Waals surface area (Å²) in [6, 6.07) is 6.11. The van der Waals surface area contributed by atoms with E-state index in [9.17, 15) is 18.7 Å². The summed E-state index contributed by atoms with van der Waals surface area (Å²) >= 11 is 0. The summed E-state index contributed by atoms with van der Waals surface area (Å²) < 4.78 is 29.2. The molecule has 2 N–H and O–H groups in total. The van der Waals surface area contributed by atoms with Crippen LogP contribution in [0.15, 0.2) is 24.3 Å². The fourth-order valence-electron chi connectivity index (χ4n) is 2.73. The van der Waals surface area contributed by atoms with Crippen molar-refractivity contribution in [3.63, 3.8) is 0 Å². The molecule has 0 saturated carbocycles. The van der Waals surface area contributed by atoms with Gasteiger partial charge >= 0.3 is 12.6 Å². The Bertz CT molecular complexity index is 526. The average molecular weight is 328 g/mol. The first-order chi connectivity index (χ1) is 11.0. The monoisotopic (exact) mass is 328 g/mol. The molecule has 2 unspecified atom stereocenters. The number of nitrogens with zero attached hydrogens (tertiary/aromatic N) is 1. The van der Waals surface area contributed by atoms with Gasteiger partial charge in [-0.25, -0.2) is 4.79 Å². The summed E-state index contributed by atoms with van der Waals surface area (Å²) in [5.41, 5.74) is 0.491. The Morgan fingerprint density at radius 2 is 2.22 bits per heavy atom. The lowest BCUT2D eigenvalue weighted by atomic mass is 9.94. The van der Waals surface area contributed by atoms with Crippen LogP contribution in [0.5, 0.6) is 5.75 Å². The molecule has 0 aliphatic carbocycles. The van der Waals surface area contributed by atoms with Gasteiger partial charge in [0, 0.05) is 31.1 Å². The maximum absolute atomic E-state index is 12.4. The second-order valence-electron chi connectivity index (χ2n) is 5.73. The lowest BCUT2D eigenvalue weighted by Crippen LogP contribution is -2.47. The third kappa shape index (κ3) is 5.06. The van der Waals surface area contributed by atoms with Crippen LogP contribution in [0.25, 0.3) is 0 Å². The van der Waals surface area contributed by atoms with E-state index in [4.69, 9.17) is 0 Å². The molecular weight excluding hydrogens is 306 g/mol. The number of para-hydroxylation sites is 1. The number of rotatable bonds is 5. The number of carbonyl (C=O) groups is 1. The summed E-state index contributed by atoms with van der Waals surface area (Å²) in [6.07, 6.45) is 1.28. The van der Waals surface area contributed by atoms with Crippen molar-refractivity contribution < 1.29 is 23.4 Å². The number of aliphatic hydroxyl groups is 1. The number of ether oxygens (including phenoxy) is 1. The number of piperidine rings is 1. The highest BCUT2D eigenvalue weighted by Crippen LogP contribution is 2.21. The first kappa shape index (κ1) is 17.5. The molecule has 1 aromatic rings. The van der Waals surface area contributed by atoms with Gasteiger partial charge < -0.3 is 20.1 Å². The molecule has 1 aliphatic rings. The highest BCUT2D eigenvalue weighted by molar-refractivity contribution is 5.74. The molecule has 1 aromatic carbocycles. The van der Waals surface area contributed by atoms with Crippen LogP contribution in [0.2, 0.25) is 0 Å². The summed E-state index contributed by atoms with van der Waals surface area (Å²) in [7, 11) is 0. The number of amides is 2. The van der Waals surface area contributed by atoms with Crippen LogP contribution < -0.4 is 10.1 Å². The first-order valence-electron chi connectivity index (χ1n) is 7.71. The Morgan fingerprint density at radius 3 is 2.91 bits per heavy atom. The normalized spacial score (nSPS) is 19.5. The van der Waals surface area contributed by atoms with Gasteiger partial charge in [-0.15, -0.1) is 0 Å². The second-order valence-corrected chi connectivity index (χ2v) is 5.73. The molecule has 0 spiro atoms. The Hall–Kier alpha value is -1.89. The van der Waals surface area contributed by atoms with E-state index in [2.05, 4.69) is 10.1 Å². The number of benzene rings is 1. The number of carbonyl (C=O) groups excluding carboxylic acids is 1. The van der Waals surface area contributed by atoms with E-state index < -0.39 is 12.7 Å². The highest BCUT2D eigenvalue weighted by atomic mass is 19.3.